The van der Waals surface area contributed by atoms with Crippen molar-refractivity contribution < 1.29 is 4.79 Å². The van der Waals surface area contributed by atoms with Gasteiger partial charge in [-0.05, 0) is 12.8 Å². The molecule has 2 rings (SSSR count). The maximum atomic E-state index is 12.3. The summed E-state index contributed by atoms with van der Waals surface area (Å²) >= 11 is 0. The largest absolute Gasteiger partial charge is 0.338 e. The van der Waals surface area contributed by atoms with Gasteiger partial charge in [0.15, 0.2) is 5.78 Å². The highest BCUT2D eigenvalue weighted by atomic mass is 16.1. The van der Waals surface area contributed by atoms with Crippen molar-refractivity contribution in [2.75, 3.05) is 31.1 Å². The van der Waals surface area contributed by atoms with Gasteiger partial charge in [0.25, 0.3) is 0 Å². The van der Waals surface area contributed by atoms with Crippen molar-refractivity contribution in [3.63, 3.8) is 0 Å². The van der Waals surface area contributed by atoms with E-state index in [2.05, 4.69) is 34.0 Å². The Morgan fingerprint density at radius 1 is 1.30 bits per heavy atom. The lowest BCUT2D eigenvalue weighted by Crippen LogP contribution is -2.44. The van der Waals surface area contributed by atoms with Crippen LogP contribution in [0.5, 0.6) is 0 Å². The average Bonchev–Trinajstić information content (AvgIpc) is 2.53. The molecule has 5 heteroatoms. The van der Waals surface area contributed by atoms with Crippen molar-refractivity contribution in [2.24, 2.45) is 5.92 Å². The van der Waals surface area contributed by atoms with E-state index >= 15 is 0 Å². The number of carbonyl (C=O) groups is 1. The van der Waals surface area contributed by atoms with Crippen molar-refractivity contribution >= 4 is 11.7 Å². The predicted molar refractivity (Wildman–Crippen MR) is 80.1 cm³/mol. The number of Topliss-reactive ketones (excluding diaryl/α,β-unsaturated/α-hetero) is 1. The number of ketones is 1. The molecule has 0 aliphatic carbocycles. The highest BCUT2D eigenvalue weighted by Crippen LogP contribution is 2.17. The second-order valence-electron chi connectivity index (χ2n) is 5.27. The van der Waals surface area contributed by atoms with Crippen molar-refractivity contribution in [1.82, 2.24) is 15.3 Å². The summed E-state index contributed by atoms with van der Waals surface area (Å²) in [5.41, 5.74) is 0.643. The molecule has 1 N–H and O–H groups in total. The van der Waals surface area contributed by atoms with E-state index in [1.807, 2.05) is 0 Å². The third-order valence-electron chi connectivity index (χ3n) is 3.82. The first-order chi connectivity index (χ1) is 9.76. The summed E-state index contributed by atoms with van der Waals surface area (Å²) in [6.45, 7) is 7.92. The topological polar surface area (TPSA) is 58.1 Å². The van der Waals surface area contributed by atoms with Gasteiger partial charge in [-0.25, -0.2) is 9.97 Å². The van der Waals surface area contributed by atoms with Gasteiger partial charge in [-0.15, -0.1) is 0 Å². The molecule has 0 aromatic carbocycles. The van der Waals surface area contributed by atoms with Gasteiger partial charge in [-0.3, -0.25) is 4.79 Å². The number of rotatable bonds is 6. The molecular weight excluding hydrogens is 252 g/mol. The van der Waals surface area contributed by atoms with E-state index in [4.69, 9.17) is 0 Å². The average molecular weight is 276 g/mol. The fourth-order valence-corrected chi connectivity index (χ4v) is 2.58. The lowest BCUT2D eigenvalue weighted by molar-refractivity contribution is 0.0908. The molecule has 1 aromatic rings. The van der Waals surface area contributed by atoms with Crippen LogP contribution in [0.1, 0.15) is 43.5 Å². The minimum Gasteiger partial charge on any atom is -0.338 e. The van der Waals surface area contributed by atoms with Crippen LogP contribution in [-0.2, 0) is 0 Å². The highest BCUT2D eigenvalue weighted by Gasteiger charge is 2.19. The molecule has 0 bridgehead atoms. The molecule has 5 nitrogen and oxygen atoms in total. The smallest absolute Gasteiger partial charge is 0.225 e. The number of nitrogens with one attached hydrogen (secondary N) is 1. The number of piperazine rings is 1. The Balaban J connectivity index is 2.05. The summed E-state index contributed by atoms with van der Waals surface area (Å²) in [6.07, 6.45) is 6.22. The van der Waals surface area contributed by atoms with Crippen molar-refractivity contribution in [3.05, 3.63) is 18.0 Å². The molecule has 2 heterocycles. The standard InChI is InChI=1S/C15H24N4O/c1-3-5-12(4-2)14(20)13-10-17-15(18-11-13)19-8-6-16-7-9-19/h10-12,16H,3-9H2,1-2H3. The van der Waals surface area contributed by atoms with Gasteiger partial charge >= 0.3 is 0 Å². The fraction of sp³-hybridized carbons (Fsp3) is 0.667. The first-order valence-corrected chi connectivity index (χ1v) is 7.58. The van der Waals surface area contributed by atoms with E-state index < -0.39 is 0 Å². The first kappa shape index (κ1) is 14.9. The molecule has 1 saturated heterocycles. The second-order valence-corrected chi connectivity index (χ2v) is 5.27. The van der Waals surface area contributed by atoms with E-state index in [1.165, 1.54) is 0 Å². The Kier molecular flexibility index (Phi) is 5.47. The molecule has 1 fully saturated rings. The van der Waals surface area contributed by atoms with E-state index in [1.54, 1.807) is 12.4 Å². The molecular formula is C15H24N4O. The molecule has 1 aromatic heterocycles. The maximum Gasteiger partial charge on any atom is 0.225 e. The molecule has 110 valence electrons. The van der Waals surface area contributed by atoms with Crippen LogP contribution in [0.3, 0.4) is 0 Å². The zero-order valence-corrected chi connectivity index (χ0v) is 12.4. The van der Waals surface area contributed by atoms with Crippen molar-refractivity contribution in [2.45, 2.75) is 33.1 Å². The SMILES string of the molecule is CCCC(CC)C(=O)c1cnc(N2CCNCC2)nc1. The zero-order chi connectivity index (χ0) is 14.4. The quantitative estimate of drug-likeness (QED) is 0.804. The Morgan fingerprint density at radius 3 is 2.50 bits per heavy atom. The Hall–Kier alpha value is -1.49. The van der Waals surface area contributed by atoms with Gasteiger partial charge in [0.2, 0.25) is 5.95 Å². The summed E-state index contributed by atoms with van der Waals surface area (Å²) in [6, 6.07) is 0. The predicted octanol–water partition coefficient (Wildman–Crippen LogP) is 1.90. The van der Waals surface area contributed by atoms with Crippen LogP contribution >= 0.6 is 0 Å². The van der Waals surface area contributed by atoms with Crippen molar-refractivity contribution in [3.8, 4) is 0 Å². The molecule has 0 amide bonds. The third-order valence-corrected chi connectivity index (χ3v) is 3.82. The Morgan fingerprint density at radius 2 is 1.95 bits per heavy atom. The molecule has 1 aliphatic rings. The van der Waals surface area contributed by atoms with Gasteiger partial charge in [0, 0.05) is 44.5 Å². The van der Waals surface area contributed by atoms with Gasteiger partial charge < -0.3 is 10.2 Å². The minimum atomic E-state index is 0.105. The van der Waals surface area contributed by atoms with Crippen LogP contribution in [0.15, 0.2) is 12.4 Å². The normalized spacial score (nSPS) is 17.0. The van der Waals surface area contributed by atoms with Crippen LogP contribution in [0.4, 0.5) is 5.95 Å². The number of carbonyl (C=O) groups excluding carboxylic acids is 1. The van der Waals surface area contributed by atoms with Gasteiger partial charge in [0.1, 0.15) is 0 Å². The number of hydrogen-bond acceptors (Lipinski definition) is 5. The number of aromatic nitrogens is 2. The first-order valence-electron chi connectivity index (χ1n) is 7.58. The molecule has 1 atom stereocenters. The molecule has 1 aliphatic heterocycles. The van der Waals surface area contributed by atoms with Crippen LogP contribution in [-0.4, -0.2) is 41.9 Å². The second kappa shape index (κ2) is 7.33. The van der Waals surface area contributed by atoms with E-state index in [0.29, 0.717) is 5.56 Å². The van der Waals surface area contributed by atoms with Gasteiger partial charge in [-0.1, -0.05) is 20.3 Å². The van der Waals surface area contributed by atoms with Crippen LogP contribution in [0, 0.1) is 5.92 Å². The molecule has 0 spiro atoms. The third kappa shape index (κ3) is 3.54. The van der Waals surface area contributed by atoms with E-state index in [-0.39, 0.29) is 11.7 Å². The Labute approximate surface area is 120 Å². The van der Waals surface area contributed by atoms with E-state index in [0.717, 1.165) is 51.4 Å². The molecule has 20 heavy (non-hydrogen) atoms. The lowest BCUT2D eigenvalue weighted by Gasteiger charge is -2.27. The fourth-order valence-electron chi connectivity index (χ4n) is 2.58. The monoisotopic (exact) mass is 276 g/mol. The van der Waals surface area contributed by atoms with Crippen LogP contribution in [0.2, 0.25) is 0 Å². The summed E-state index contributed by atoms with van der Waals surface area (Å²) < 4.78 is 0. The van der Waals surface area contributed by atoms with Crippen molar-refractivity contribution in [1.29, 1.82) is 0 Å². The molecule has 0 saturated carbocycles. The van der Waals surface area contributed by atoms with Crippen LogP contribution < -0.4 is 10.2 Å². The summed E-state index contributed by atoms with van der Waals surface area (Å²) in [4.78, 5) is 23.2. The minimum absolute atomic E-state index is 0.105. The number of hydrogen-bond donors (Lipinski definition) is 1. The lowest BCUT2D eigenvalue weighted by atomic mass is 9.93. The van der Waals surface area contributed by atoms with Gasteiger partial charge in [0.05, 0.1) is 5.56 Å². The summed E-state index contributed by atoms with van der Waals surface area (Å²) in [7, 11) is 0. The summed E-state index contributed by atoms with van der Waals surface area (Å²) in [5, 5.41) is 3.30. The van der Waals surface area contributed by atoms with E-state index in [9.17, 15) is 4.79 Å². The number of nitrogens with zero attached hydrogens (tertiary/aromatic N) is 3. The summed E-state index contributed by atoms with van der Waals surface area (Å²) in [5.74, 6) is 1.02. The maximum absolute atomic E-state index is 12.3. The molecule has 0 radical (unpaired) electrons. The molecule has 1 unspecified atom stereocenters. The Bertz CT molecular complexity index is 426. The van der Waals surface area contributed by atoms with Crippen LogP contribution in [0.25, 0.3) is 0 Å². The highest BCUT2D eigenvalue weighted by molar-refractivity contribution is 5.97. The number of anilines is 1. The van der Waals surface area contributed by atoms with Gasteiger partial charge in [-0.2, -0.15) is 0 Å². The zero-order valence-electron chi connectivity index (χ0n) is 12.4.